The summed E-state index contributed by atoms with van der Waals surface area (Å²) in [4.78, 5) is 13.3. The molecule has 5 nitrogen and oxygen atoms in total. The summed E-state index contributed by atoms with van der Waals surface area (Å²) in [5.74, 6) is -0.202. The Balaban J connectivity index is 1.44. The molecule has 4 aromatic rings. The van der Waals surface area contributed by atoms with Crippen LogP contribution < -0.4 is 4.74 Å². The molecule has 0 bridgehead atoms. The number of carbonyl (C=O) groups is 1. The average molecular weight is 510 g/mol. The standard InChI is InChI=1S/C33H35NO4/c1-34(2)21-8-20-33(37,29-11-4-3-5-12-29)30-13-7-14-31(24-30)38-22-19-25-9-6-10-28(23-25)26-15-17-27(18-16-26)32(35)36/h3-7,9-18,23-24,37H,8,19-22H2,1-2H3,(H,35,36)/t33-/m0/s1. The lowest BCUT2D eigenvalue weighted by molar-refractivity contribution is 0.0661. The highest BCUT2D eigenvalue weighted by atomic mass is 16.5. The van der Waals surface area contributed by atoms with Gasteiger partial charge in [-0.05, 0) is 85.6 Å². The number of nitrogens with zero attached hydrogens (tertiary/aromatic N) is 1. The molecule has 0 unspecified atom stereocenters. The molecule has 0 fully saturated rings. The van der Waals surface area contributed by atoms with Crippen LogP contribution in [0.3, 0.4) is 0 Å². The van der Waals surface area contributed by atoms with Crippen LogP contribution in [0.15, 0.2) is 103 Å². The van der Waals surface area contributed by atoms with Gasteiger partial charge in [0.25, 0.3) is 0 Å². The fourth-order valence-corrected chi connectivity index (χ4v) is 4.66. The summed E-state index contributed by atoms with van der Waals surface area (Å²) in [6.07, 6.45) is 2.19. The third-order valence-corrected chi connectivity index (χ3v) is 6.76. The molecular formula is C33H35NO4. The van der Waals surface area contributed by atoms with Crippen molar-refractivity contribution >= 4 is 5.97 Å². The van der Waals surface area contributed by atoms with E-state index in [0.29, 0.717) is 13.0 Å². The van der Waals surface area contributed by atoms with Crippen LogP contribution in [0.5, 0.6) is 5.75 Å². The van der Waals surface area contributed by atoms with Gasteiger partial charge in [0.05, 0.1) is 12.2 Å². The zero-order valence-corrected chi connectivity index (χ0v) is 22.0. The number of carboxylic acids is 1. The molecule has 0 saturated heterocycles. The zero-order valence-electron chi connectivity index (χ0n) is 22.0. The van der Waals surface area contributed by atoms with E-state index in [-0.39, 0.29) is 5.56 Å². The first kappa shape index (κ1) is 27.1. The molecule has 5 heteroatoms. The average Bonchev–Trinajstić information content (AvgIpc) is 2.93. The Kier molecular flexibility index (Phi) is 8.95. The van der Waals surface area contributed by atoms with Gasteiger partial charge in [-0.1, -0.05) is 78.9 Å². The summed E-state index contributed by atoms with van der Waals surface area (Å²) in [5.41, 5.74) is 4.02. The third kappa shape index (κ3) is 6.88. The van der Waals surface area contributed by atoms with Gasteiger partial charge in [-0.25, -0.2) is 4.79 Å². The minimum atomic E-state index is -1.10. The minimum Gasteiger partial charge on any atom is -0.493 e. The van der Waals surface area contributed by atoms with E-state index in [1.54, 1.807) is 12.1 Å². The maximum atomic E-state index is 11.9. The lowest BCUT2D eigenvalue weighted by Crippen LogP contribution is -2.29. The number of hydrogen-bond donors (Lipinski definition) is 2. The first-order valence-corrected chi connectivity index (χ1v) is 12.9. The van der Waals surface area contributed by atoms with Crippen LogP contribution in [-0.4, -0.2) is 48.3 Å². The summed E-state index contributed by atoms with van der Waals surface area (Å²) >= 11 is 0. The van der Waals surface area contributed by atoms with Crippen LogP contribution in [0.1, 0.15) is 39.9 Å². The summed E-state index contributed by atoms with van der Waals surface area (Å²) in [5, 5.41) is 21.0. The van der Waals surface area contributed by atoms with Crippen molar-refractivity contribution in [2.45, 2.75) is 24.9 Å². The summed E-state index contributed by atoms with van der Waals surface area (Å²) < 4.78 is 6.13. The zero-order chi connectivity index (χ0) is 27.0. The molecule has 0 spiro atoms. The van der Waals surface area contributed by atoms with E-state index in [1.807, 2.05) is 93.0 Å². The normalized spacial score (nSPS) is 12.7. The van der Waals surface area contributed by atoms with Crippen molar-refractivity contribution in [1.29, 1.82) is 0 Å². The largest absolute Gasteiger partial charge is 0.493 e. The maximum Gasteiger partial charge on any atom is 0.335 e. The van der Waals surface area contributed by atoms with Crippen molar-refractivity contribution in [3.8, 4) is 16.9 Å². The molecule has 1 atom stereocenters. The Morgan fingerprint density at radius 2 is 1.53 bits per heavy atom. The van der Waals surface area contributed by atoms with Crippen molar-refractivity contribution in [1.82, 2.24) is 4.90 Å². The van der Waals surface area contributed by atoms with Crippen LogP contribution in [0.25, 0.3) is 11.1 Å². The highest BCUT2D eigenvalue weighted by Crippen LogP contribution is 2.35. The van der Waals surface area contributed by atoms with Crippen LogP contribution >= 0.6 is 0 Å². The fourth-order valence-electron chi connectivity index (χ4n) is 4.66. The van der Waals surface area contributed by atoms with Crippen LogP contribution in [0.4, 0.5) is 0 Å². The van der Waals surface area contributed by atoms with Crippen LogP contribution in [0, 0.1) is 0 Å². The fraction of sp³-hybridized carbons (Fsp3) is 0.242. The van der Waals surface area contributed by atoms with Crippen molar-refractivity contribution < 1.29 is 19.7 Å². The summed E-state index contributed by atoms with van der Waals surface area (Å²) in [6, 6.07) is 32.7. The molecule has 0 amide bonds. The van der Waals surface area contributed by atoms with Gasteiger partial charge in [0, 0.05) is 6.42 Å². The predicted molar refractivity (Wildman–Crippen MR) is 152 cm³/mol. The van der Waals surface area contributed by atoms with Gasteiger partial charge in [-0.3, -0.25) is 0 Å². The van der Waals surface area contributed by atoms with Gasteiger partial charge >= 0.3 is 5.97 Å². The van der Waals surface area contributed by atoms with Gasteiger partial charge in [-0.2, -0.15) is 0 Å². The molecular weight excluding hydrogens is 474 g/mol. The highest BCUT2D eigenvalue weighted by molar-refractivity contribution is 5.88. The number of aliphatic hydroxyl groups is 1. The molecule has 0 aromatic heterocycles. The number of carboxylic acid groups (broad SMARTS) is 1. The number of hydrogen-bond acceptors (Lipinski definition) is 4. The first-order valence-electron chi connectivity index (χ1n) is 12.9. The summed E-state index contributed by atoms with van der Waals surface area (Å²) in [6.45, 7) is 1.39. The van der Waals surface area contributed by atoms with Gasteiger partial charge in [0.1, 0.15) is 11.4 Å². The molecule has 0 aliphatic heterocycles. The molecule has 196 valence electrons. The van der Waals surface area contributed by atoms with Gasteiger partial charge < -0.3 is 19.8 Å². The quantitative estimate of drug-likeness (QED) is 0.236. The Morgan fingerprint density at radius 1 is 0.816 bits per heavy atom. The van der Waals surface area contributed by atoms with Crippen molar-refractivity contribution in [2.75, 3.05) is 27.2 Å². The minimum absolute atomic E-state index is 0.275. The molecule has 0 aliphatic rings. The Morgan fingerprint density at radius 3 is 2.24 bits per heavy atom. The maximum absolute atomic E-state index is 11.9. The van der Waals surface area contributed by atoms with Crippen molar-refractivity contribution in [3.05, 3.63) is 125 Å². The van der Waals surface area contributed by atoms with Crippen molar-refractivity contribution in [2.24, 2.45) is 0 Å². The molecule has 4 rings (SSSR count). The number of aromatic carboxylic acids is 1. The molecule has 4 aromatic carbocycles. The highest BCUT2D eigenvalue weighted by Gasteiger charge is 2.31. The van der Waals surface area contributed by atoms with E-state index in [4.69, 9.17) is 9.84 Å². The molecule has 0 saturated carbocycles. The summed E-state index contributed by atoms with van der Waals surface area (Å²) in [7, 11) is 4.08. The van der Waals surface area contributed by atoms with E-state index in [9.17, 15) is 9.90 Å². The molecule has 2 N–H and O–H groups in total. The Labute approximate surface area is 225 Å². The number of rotatable bonds is 12. The van der Waals surface area contributed by atoms with Gasteiger partial charge in [-0.15, -0.1) is 0 Å². The van der Waals surface area contributed by atoms with E-state index in [2.05, 4.69) is 17.0 Å². The van der Waals surface area contributed by atoms with E-state index < -0.39 is 11.6 Å². The monoisotopic (exact) mass is 509 g/mol. The second-order valence-corrected chi connectivity index (χ2v) is 9.84. The molecule has 38 heavy (non-hydrogen) atoms. The van der Waals surface area contributed by atoms with E-state index in [1.165, 1.54) is 0 Å². The Bertz CT molecular complexity index is 1330. The first-order chi connectivity index (χ1) is 18.3. The molecule has 0 heterocycles. The SMILES string of the molecule is CN(C)CCC[C@](O)(c1ccccc1)c1cccc(OCCc2cccc(-c3ccc(C(=O)O)cc3)c2)c1. The van der Waals surface area contributed by atoms with E-state index in [0.717, 1.165) is 53.0 Å². The number of ether oxygens (including phenoxy) is 1. The number of benzene rings is 4. The predicted octanol–water partition coefficient (Wildman–Crippen LogP) is 6.25. The lowest BCUT2D eigenvalue weighted by Gasteiger charge is -2.30. The third-order valence-electron chi connectivity index (χ3n) is 6.76. The Hall–Kier alpha value is -3.93. The van der Waals surface area contributed by atoms with Gasteiger partial charge in [0.15, 0.2) is 0 Å². The lowest BCUT2D eigenvalue weighted by atomic mass is 9.82. The smallest absolute Gasteiger partial charge is 0.335 e. The van der Waals surface area contributed by atoms with Crippen LogP contribution in [0.2, 0.25) is 0 Å². The van der Waals surface area contributed by atoms with E-state index >= 15 is 0 Å². The van der Waals surface area contributed by atoms with Crippen molar-refractivity contribution in [3.63, 3.8) is 0 Å². The molecule has 0 aliphatic carbocycles. The topological polar surface area (TPSA) is 70.0 Å². The second kappa shape index (κ2) is 12.5. The molecule has 0 radical (unpaired) electrons. The van der Waals surface area contributed by atoms with Gasteiger partial charge in [0.2, 0.25) is 0 Å². The van der Waals surface area contributed by atoms with Crippen LogP contribution in [-0.2, 0) is 12.0 Å². The second-order valence-electron chi connectivity index (χ2n) is 9.84.